The lowest BCUT2D eigenvalue weighted by molar-refractivity contribution is -0.152. The summed E-state index contributed by atoms with van der Waals surface area (Å²) < 4.78 is 5.40. The Labute approximate surface area is 130 Å². The van der Waals surface area contributed by atoms with Crippen LogP contribution in [-0.2, 0) is 4.79 Å². The van der Waals surface area contributed by atoms with Gasteiger partial charge in [-0.2, -0.15) is 0 Å². The molecule has 0 radical (unpaired) electrons. The van der Waals surface area contributed by atoms with Crippen LogP contribution in [0.25, 0.3) is 0 Å². The van der Waals surface area contributed by atoms with Gasteiger partial charge in [0.25, 0.3) is 5.91 Å². The number of pyridine rings is 1. The third-order valence-corrected chi connectivity index (χ3v) is 4.28. The van der Waals surface area contributed by atoms with Gasteiger partial charge in [-0.25, -0.2) is 4.98 Å². The predicted octanol–water partition coefficient (Wildman–Crippen LogP) is 2.20. The molecule has 120 valence electrons. The van der Waals surface area contributed by atoms with Crippen molar-refractivity contribution >= 4 is 11.9 Å². The van der Waals surface area contributed by atoms with Crippen molar-refractivity contribution in [3.63, 3.8) is 0 Å². The van der Waals surface area contributed by atoms with Gasteiger partial charge >= 0.3 is 5.97 Å². The van der Waals surface area contributed by atoms with Crippen LogP contribution in [0.2, 0.25) is 0 Å². The zero-order valence-electron chi connectivity index (χ0n) is 13.0. The van der Waals surface area contributed by atoms with E-state index in [1.165, 1.54) is 0 Å². The van der Waals surface area contributed by atoms with Gasteiger partial charge < -0.3 is 14.7 Å². The fourth-order valence-electron chi connectivity index (χ4n) is 2.90. The molecule has 2 heterocycles. The van der Waals surface area contributed by atoms with Crippen molar-refractivity contribution in [1.29, 1.82) is 0 Å². The van der Waals surface area contributed by atoms with E-state index < -0.39 is 11.4 Å². The first-order valence-electron chi connectivity index (χ1n) is 7.64. The van der Waals surface area contributed by atoms with Crippen LogP contribution in [0.1, 0.15) is 43.5 Å². The number of hydrogen-bond donors (Lipinski definition) is 1. The maximum Gasteiger partial charge on any atom is 0.311 e. The number of aromatic nitrogens is 1. The van der Waals surface area contributed by atoms with Gasteiger partial charge in [0.15, 0.2) is 0 Å². The highest BCUT2D eigenvalue weighted by molar-refractivity contribution is 5.96. The quantitative estimate of drug-likeness (QED) is 0.902. The fourth-order valence-corrected chi connectivity index (χ4v) is 2.90. The molecule has 1 atom stereocenters. The maximum atomic E-state index is 12.7. The number of piperidine rings is 1. The van der Waals surface area contributed by atoms with Crippen LogP contribution in [0.5, 0.6) is 5.88 Å². The lowest BCUT2D eigenvalue weighted by Gasteiger charge is -2.39. The molecule has 0 aliphatic carbocycles. The molecule has 1 aliphatic heterocycles. The van der Waals surface area contributed by atoms with Crippen molar-refractivity contribution < 1.29 is 19.4 Å². The van der Waals surface area contributed by atoms with Crippen LogP contribution in [0.15, 0.2) is 18.3 Å². The highest BCUT2D eigenvalue weighted by atomic mass is 16.5. The van der Waals surface area contributed by atoms with Crippen molar-refractivity contribution in [2.45, 2.75) is 33.1 Å². The van der Waals surface area contributed by atoms with Gasteiger partial charge in [0.1, 0.15) is 5.56 Å². The minimum Gasteiger partial charge on any atom is -0.481 e. The maximum absolute atomic E-state index is 12.7. The van der Waals surface area contributed by atoms with E-state index in [0.29, 0.717) is 43.9 Å². The highest BCUT2D eigenvalue weighted by Crippen LogP contribution is 2.34. The van der Waals surface area contributed by atoms with Gasteiger partial charge in [0.2, 0.25) is 5.88 Å². The van der Waals surface area contributed by atoms with E-state index in [9.17, 15) is 14.7 Å². The smallest absolute Gasteiger partial charge is 0.311 e. The van der Waals surface area contributed by atoms with Gasteiger partial charge in [0.05, 0.1) is 12.0 Å². The summed E-state index contributed by atoms with van der Waals surface area (Å²) >= 11 is 0. The number of carbonyl (C=O) groups excluding carboxylic acids is 1. The standard InChI is InChI=1S/C16H22N2O4/c1-3-16(15(20)21)8-6-10-18(11-16)14(19)12-7-5-9-17-13(12)22-4-2/h5,7,9H,3-4,6,8,10-11H2,1-2H3,(H,20,21). The van der Waals surface area contributed by atoms with E-state index >= 15 is 0 Å². The summed E-state index contributed by atoms with van der Waals surface area (Å²) in [5.74, 6) is -0.739. The number of carbonyl (C=O) groups is 2. The average Bonchev–Trinajstić information content (AvgIpc) is 2.55. The Morgan fingerprint density at radius 2 is 2.23 bits per heavy atom. The van der Waals surface area contributed by atoms with E-state index in [1.807, 2.05) is 13.8 Å². The Kier molecular flexibility index (Phi) is 5.00. The lowest BCUT2D eigenvalue weighted by atomic mass is 9.77. The molecule has 22 heavy (non-hydrogen) atoms. The molecule has 2 rings (SSSR count). The largest absolute Gasteiger partial charge is 0.481 e. The zero-order chi connectivity index (χ0) is 16.2. The number of amides is 1. The number of rotatable bonds is 5. The van der Waals surface area contributed by atoms with Gasteiger partial charge in [-0.05, 0) is 38.3 Å². The normalized spacial score (nSPS) is 21.5. The number of ether oxygens (including phenoxy) is 1. The Bertz CT molecular complexity index is 561. The average molecular weight is 306 g/mol. The summed E-state index contributed by atoms with van der Waals surface area (Å²) in [6.45, 7) is 4.91. The summed E-state index contributed by atoms with van der Waals surface area (Å²) in [4.78, 5) is 30.0. The molecule has 0 saturated carbocycles. The Morgan fingerprint density at radius 3 is 2.86 bits per heavy atom. The molecule has 6 heteroatoms. The summed E-state index contributed by atoms with van der Waals surface area (Å²) in [5, 5.41) is 9.52. The van der Waals surface area contributed by atoms with Crippen LogP contribution in [-0.4, -0.2) is 46.6 Å². The molecule has 1 N–H and O–H groups in total. The van der Waals surface area contributed by atoms with Crippen LogP contribution < -0.4 is 4.74 Å². The SMILES string of the molecule is CCOc1ncccc1C(=O)N1CCCC(CC)(C(=O)O)C1. The Morgan fingerprint density at radius 1 is 1.45 bits per heavy atom. The second-order valence-corrected chi connectivity index (χ2v) is 5.56. The molecular weight excluding hydrogens is 284 g/mol. The molecule has 0 spiro atoms. The van der Waals surface area contributed by atoms with E-state index in [1.54, 1.807) is 23.2 Å². The minimum absolute atomic E-state index is 0.213. The first-order valence-corrected chi connectivity index (χ1v) is 7.64. The molecule has 0 aromatic carbocycles. The van der Waals surface area contributed by atoms with Crippen LogP contribution in [0.3, 0.4) is 0 Å². The number of nitrogens with zero attached hydrogens (tertiary/aromatic N) is 2. The van der Waals surface area contributed by atoms with Crippen molar-refractivity contribution in [1.82, 2.24) is 9.88 Å². The highest BCUT2D eigenvalue weighted by Gasteiger charge is 2.42. The Balaban J connectivity index is 2.24. The van der Waals surface area contributed by atoms with E-state index in [2.05, 4.69) is 4.98 Å². The number of carboxylic acids is 1. The summed E-state index contributed by atoms with van der Waals surface area (Å²) in [5.41, 5.74) is -0.455. The molecule has 1 unspecified atom stereocenters. The molecule has 1 fully saturated rings. The molecule has 1 aromatic heterocycles. The van der Waals surface area contributed by atoms with Gasteiger partial charge in [-0.15, -0.1) is 0 Å². The molecular formula is C16H22N2O4. The molecule has 6 nitrogen and oxygen atoms in total. The van der Waals surface area contributed by atoms with Crippen molar-refractivity contribution in [3.8, 4) is 5.88 Å². The molecule has 1 aromatic rings. The van der Waals surface area contributed by atoms with Crippen molar-refractivity contribution in [3.05, 3.63) is 23.9 Å². The first kappa shape index (κ1) is 16.3. The molecule has 1 amide bonds. The topological polar surface area (TPSA) is 79.7 Å². The second-order valence-electron chi connectivity index (χ2n) is 5.56. The summed E-state index contributed by atoms with van der Waals surface area (Å²) in [6.07, 6.45) is 3.38. The van der Waals surface area contributed by atoms with E-state index in [-0.39, 0.29) is 12.5 Å². The zero-order valence-corrected chi connectivity index (χ0v) is 13.0. The Hall–Kier alpha value is -2.11. The second kappa shape index (κ2) is 6.77. The van der Waals surface area contributed by atoms with Gasteiger partial charge in [0, 0.05) is 19.3 Å². The van der Waals surface area contributed by atoms with Crippen LogP contribution in [0.4, 0.5) is 0 Å². The first-order chi connectivity index (χ1) is 10.5. The van der Waals surface area contributed by atoms with Crippen LogP contribution >= 0.6 is 0 Å². The predicted molar refractivity (Wildman–Crippen MR) is 80.9 cm³/mol. The number of aliphatic carboxylic acids is 1. The summed E-state index contributed by atoms with van der Waals surface area (Å²) in [6, 6.07) is 3.35. The molecule has 1 aliphatic rings. The van der Waals surface area contributed by atoms with Crippen molar-refractivity contribution in [2.75, 3.05) is 19.7 Å². The number of hydrogen-bond acceptors (Lipinski definition) is 4. The van der Waals surface area contributed by atoms with E-state index in [4.69, 9.17) is 4.74 Å². The minimum atomic E-state index is -0.845. The van der Waals surface area contributed by atoms with Gasteiger partial charge in [-0.1, -0.05) is 6.92 Å². The third-order valence-electron chi connectivity index (χ3n) is 4.28. The molecule has 1 saturated heterocycles. The number of carboxylic acid groups (broad SMARTS) is 1. The monoisotopic (exact) mass is 306 g/mol. The van der Waals surface area contributed by atoms with Crippen LogP contribution in [0, 0.1) is 5.41 Å². The lowest BCUT2D eigenvalue weighted by Crippen LogP contribution is -2.49. The number of likely N-dealkylation sites (tertiary alicyclic amines) is 1. The van der Waals surface area contributed by atoms with E-state index in [0.717, 1.165) is 0 Å². The van der Waals surface area contributed by atoms with Gasteiger partial charge in [-0.3, -0.25) is 9.59 Å². The fraction of sp³-hybridized carbons (Fsp3) is 0.562. The molecule has 0 bridgehead atoms. The summed E-state index contributed by atoms with van der Waals surface area (Å²) in [7, 11) is 0. The van der Waals surface area contributed by atoms with Crippen molar-refractivity contribution in [2.24, 2.45) is 5.41 Å². The third kappa shape index (κ3) is 3.05.